The molecule has 1 atom stereocenters. The monoisotopic (exact) mass is 246 g/mol. The van der Waals surface area contributed by atoms with Gasteiger partial charge < -0.3 is 9.88 Å². The lowest BCUT2D eigenvalue weighted by Gasteiger charge is -2.22. The van der Waals surface area contributed by atoms with Crippen LogP contribution in [0.3, 0.4) is 0 Å². The van der Waals surface area contributed by atoms with Crippen LogP contribution >= 0.6 is 0 Å². The van der Waals surface area contributed by atoms with Gasteiger partial charge in [-0.1, -0.05) is 0 Å². The molecule has 0 aliphatic carbocycles. The van der Waals surface area contributed by atoms with Crippen molar-refractivity contribution in [2.45, 2.75) is 25.8 Å². The van der Waals surface area contributed by atoms with Gasteiger partial charge in [-0.25, -0.2) is 4.39 Å². The van der Waals surface area contributed by atoms with Gasteiger partial charge in [-0.2, -0.15) is 0 Å². The van der Waals surface area contributed by atoms with Crippen LogP contribution in [0.1, 0.15) is 19.3 Å². The van der Waals surface area contributed by atoms with Crippen molar-refractivity contribution in [2.24, 2.45) is 5.92 Å². The zero-order valence-electron chi connectivity index (χ0n) is 10.5. The molecule has 1 aromatic carbocycles. The number of hydrogen-bond donors (Lipinski definition) is 1. The molecule has 3 rings (SSSR count). The SMILES string of the molecule is Fc1ccc2c(ccn2CCC2CCCNC2)c1. The molecule has 3 heteroatoms. The summed E-state index contributed by atoms with van der Waals surface area (Å²) in [7, 11) is 0. The Labute approximate surface area is 107 Å². The van der Waals surface area contributed by atoms with E-state index in [1.807, 2.05) is 12.1 Å². The van der Waals surface area contributed by atoms with Gasteiger partial charge in [-0.15, -0.1) is 0 Å². The molecule has 0 saturated carbocycles. The highest BCUT2D eigenvalue weighted by molar-refractivity contribution is 5.80. The maximum Gasteiger partial charge on any atom is 0.123 e. The number of rotatable bonds is 3. The second-order valence-corrected chi connectivity index (χ2v) is 5.21. The van der Waals surface area contributed by atoms with Gasteiger partial charge in [-0.05, 0) is 62.5 Å². The topological polar surface area (TPSA) is 17.0 Å². The number of halogens is 1. The standard InChI is InChI=1S/C15H19FN2/c16-14-3-4-15-13(10-14)6-9-18(15)8-5-12-2-1-7-17-11-12/h3-4,6,9-10,12,17H,1-2,5,7-8,11H2. The van der Waals surface area contributed by atoms with Gasteiger partial charge in [0.05, 0.1) is 0 Å². The van der Waals surface area contributed by atoms with Crippen molar-refractivity contribution in [1.29, 1.82) is 0 Å². The Hall–Kier alpha value is -1.35. The summed E-state index contributed by atoms with van der Waals surface area (Å²) in [5.41, 5.74) is 1.14. The molecular weight excluding hydrogens is 227 g/mol. The van der Waals surface area contributed by atoms with Crippen molar-refractivity contribution in [3.05, 3.63) is 36.3 Å². The molecule has 1 unspecified atom stereocenters. The third-order valence-electron chi connectivity index (χ3n) is 3.91. The van der Waals surface area contributed by atoms with Gasteiger partial charge in [0.1, 0.15) is 5.82 Å². The molecule has 1 fully saturated rings. The van der Waals surface area contributed by atoms with E-state index in [9.17, 15) is 4.39 Å². The molecular formula is C15H19FN2. The van der Waals surface area contributed by atoms with E-state index in [4.69, 9.17) is 0 Å². The first-order valence-corrected chi connectivity index (χ1v) is 6.78. The fourth-order valence-corrected chi connectivity index (χ4v) is 2.86. The van der Waals surface area contributed by atoms with E-state index in [2.05, 4.69) is 16.1 Å². The van der Waals surface area contributed by atoms with Crippen molar-refractivity contribution in [1.82, 2.24) is 9.88 Å². The van der Waals surface area contributed by atoms with Crippen LogP contribution in [-0.4, -0.2) is 17.7 Å². The number of benzene rings is 1. The molecule has 1 aliphatic rings. The molecule has 1 N–H and O–H groups in total. The molecule has 96 valence electrons. The Morgan fingerprint density at radius 3 is 3.11 bits per heavy atom. The van der Waals surface area contributed by atoms with Crippen molar-refractivity contribution in [2.75, 3.05) is 13.1 Å². The number of nitrogens with one attached hydrogen (secondary N) is 1. The second-order valence-electron chi connectivity index (χ2n) is 5.21. The maximum absolute atomic E-state index is 13.1. The fraction of sp³-hybridized carbons (Fsp3) is 0.467. The third kappa shape index (κ3) is 2.41. The van der Waals surface area contributed by atoms with Crippen LogP contribution in [0, 0.1) is 11.7 Å². The van der Waals surface area contributed by atoms with E-state index in [0.717, 1.165) is 29.9 Å². The van der Waals surface area contributed by atoms with Crippen LogP contribution in [0.5, 0.6) is 0 Å². The van der Waals surface area contributed by atoms with E-state index >= 15 is 0 Å². The Morgan fingerprint density at radius 1 is 1.33 bits per heavy atom. The van der Waals surface area contributed by atoms with Crippen LogP contribution in [0.25, 0.3) is 10.9 Å². The van der Waals surface area contributed by atoms with Crippen LogP contribution in [0.4, 0.5) is 4.39 Å². The van der Waals surface area contributed by atoms with E-state index < -0.39 is 0 Å². The number of piperidine rings is 1. The van der Waals surface area contributed by atoms with Gasteiger partial charge in [-0.3, -0.25) is 0 Å². The minimum absolute atomic E-state index is 0.156. The maximum atomic E-state index is 13.1. The van der Waals surface area contributed by atoms with Gasteiger partial charge in [0.2, 0.25) is 0 Å². The summed E-state index contributed by atoms with van der Waals surface area (Å²) in [4.78, 5) is 0. The van der Waals surface area contributed by atoms with Crippen LogP contribution in [-0.2, 0) is 6.54 Å². The highest BCUT2D eigenvalue weighted by Crippen LogP contribution is 2.20. The first-order chi connectivity index (χ1) is 8.83. The van der Waals surface area contributed by atoms with Crippen LogP contribution < -0.4 is 5.32 Å². The molecule has 2 nitrogen and oxygen atoms in total. The normalized spacial score (nSPS) is 20.4. The largest absolute Gasteiger partial charge is 0.347 e. The van der Waals surface area contributed by atoms with Gasteiger partial charge in [0.25, 0.3) is 0 Å². The summed E-state index contributed by atoms with van der Waals surface area (Å²) < 4.78 is 15.3. The molecule has 0 spiro atoms. The van der Waals surface area contributed by atoms with Crippen molar-refractivity contribution in [3.63, 3.8) is 0 Å². The number of aromatic nitrogens is 1. The van der Waals surface area contributed by atoms with E-state index in [1.54, 1.807) is 12.1 Å². The molecule has 1 aliphatic heterocycles. The average molecular weight is 246 g/mol. The highest BCUT2D eigenvalue weighted by atomic mass is 19.1. The Kier molecular flexibility index (Phi) is 3.33. The summed E-state index contributed by atoms with van der Waals surface area (Å²) in [6, 6.07) is 7.02. The summed E-state index contributed by atoms with van der Waals surface area (Å²) in [5.74, 6) is 0.633. The molecule has 1 aromatic heterocycles. The van der Waals surface area contributed by atoms with Crippen molar-refractivity contribution >= 4 is 10.9 Å². The molecule has 0 amide bonds. The number of fused-ring (bicyclic) bond motifs is 1. The zero-order valence-corrected chi connectivity index (χ0v) is 10.5. The van der Waals surface area contributed by atoms with Crippen LogP contribution in [0.15, 0.2) is 30.5 Å². The lowest BCUT2D eigenvalue weighted by molar-refractivity contribution is 0.343. The molecule has 18 heavy (non-hydrogen) atoms. The van der Waals surface area contributed by atoms with Crippen LogP contribution in [0.2, 0.25) is 0 Å². The van der Waals surface area contributed by atoms with Crippen molar-refractivity contribution < 1.29 is 4.39 Å². The Bertz CT molecular complexity index is 526. The minimum atomic E-state index is -0.156. The lowest BCUT2D eigenvalue weighted by Crippen LogP contribution is -2.30. The molecule has 2 heterocycles. The smallest absolute Gasteiger partial charge is 0.123 e. The summed E-state index contributed by atoms with van der Waals surface area (Å²) in [5, 5.41) is 4.45. The molecule has 0 radical (unpaired) electrons. The summed E-state index contributed by atoms with van der Waals surface area (Å²) in [6.45, 7) is 3.34. The predicted octanol–water partition coefficient (Wildman–Crippen LogP) is 3.17. The molecule has 1 saturated heterocycles. The number of aryl methyl sites for hydroxylation is 1. The average Bonchev–Trinajstić information content (AvgIpc) is 2.80. The Morgan fingerprint density at radius 2 is 2.28 bits per heavy atom. The highest BCUT2D eigenvalue weighted by Gasteiger charge is 2.13. The number of hydrogen-bond acceptors (Lipinski definition) is 1. The van der Waals surface area contributed by atoms with E-state index in [1.165, 1.54) is 25.8 Å². The second kappa shape index (κ2) is 5.11. The summed E-state index contributed by atoms with van der Waals surface area (Å²) in [6.07, 6.45) is 5.90. The minimum Gasteiger partial charge on any atom is -0.347 e. The molecule has 2 aromatic rings. The van der Waals surface area contributed by atoms with Gasteiger partial charge >= 0.3 is 0 Å². The fourth-order valence-electron chi connectivity index (χ4n) is 2.86. The quantitative estimate of drug-likeness (QED) is 0.880. The third-order valence-corrected chi connectivity index (χ3v) is 3.91. The Balaban J connectivity index is 1.70. The van der Waals surface area contributed by atoms with Gasteiger partial charge in [0, 0.05) is 23.6 Å². The lowest BCUT2D eigenvalue weighted by atomic mass is 9.96. The van der Waals surface area contributed by atoms with Gasteiger partial charge in [0.15, 0.2) is 0 Å². The first kappa shape index (κ1) is 11.7. The first-order valence-electron chi connectivity index (χ1n) is 6.78. The summed E-state index contributed by atoms with van der Waals surface area (Å²) >= 11 is 0. The predicted molar refractivity (Wildman–Crippen MR) is 72.1 cm³/mol. The number of nitrogens with zero attached hydrogens (tertiary/aromatic N) is 1. The van der Waals surface area contributed by atoms with E-state index in [0.29, 0.717) is 0 Å². The molecule has 0 bridgehead atoms. The zero-order chi connectivity index (χ0) is 12.4. The van der Waals surface area contributed by atoms with Crippen molar-refractivity contribution in [3.8, 4) is 0 Å². The van der Waals surface area contributed by atoms with E-state index in [-0.39, 0.29) is 5.82 Å².